The molecule has 0 N–H and O–H groups in total. The molecule has 4 nitrogen and oxygen atoms in total. The predicted molar refractivity (Wildman–Crippen MR) is 55.0 cm³/mol. The Hall–Kier alpha value is -0.843. The SMILES string of the molecule is C=C(OCC(CC)[N+](=O)[O-])[SiH](C)C. The van der Waals surface area contributed by atoms with Gasteiger partial charge in [0.1, 0.15) is 8.80 Å². The minimum atomic E-state index is -1.01. The van der Waals surface area contributed by atoms with E-state index in [9.17, 15) is 10.1 Å². The Bertz CT molecular complexity index is 194. The Labute approximate surface area is 80.3 Å². The fourth-order valence-corrected chi connectivity index (χ4v) is 1.13. The molecule has 0 aliphatic rings. The lowest BCUT2D eigenvalue weighted by Crippen LogP contribution is -2.25. The van der Waals surface area contributed by atoms with E-state index in [2.05, 4.69) is 19.7 Å². The van der Waals surface area contributed by atoms with Crippen molar-refractivity contribution in [2.45, 2.75) is 32.5 Å². The van der Waals surface area contributed by atoms with Gasteiger partial charge >= 0.3 is 0 Å². The second-order valence-electron chi connectivity index (χ2n) is 3.28. The van der Waals surface area contributed by atoms with Gasteiger partial charge in [0.05, 0.1) is 5.38 Å². The molecule has 0 aliphatic heterocycles. The Morgan fingerprint density at radius 1 is 1.69 bits per heavy atom. The lowest BCUT2D eigenvalue weighted by molar-refractivity contribution is -0.526. The lowest BCUT2D eigenvalue weighted by atomic mass is 10.2. The zero-order valence-electron chi connectivity index (χ0n) is 8.45. The number of hydrogen-bond donors (Lipinski definition) is 0. The summed E-state index contributed by atoms with van der Waals surface area (Å²) in [6, 6.07) is -0.593. The highest BCUT2D eigenvalue weighted by Crippen LogP contribution is 2.04. The van der Waals surface area contributed by atoms with Crippen LogP contribution in [0.5, 0.6) is 0 Å². The minimum Gasteiger partial charge on any atom is -0.497 e. The average molecular weight is 203 g/mol. The maximum Gasteiger partial charge on any atom is 0.246 e. The van der Waals surface area contributed by atoms with Gasteiger partial charge in [-0.05, 0) is 0 Å². The van der Waals surface area contributed by atoms with E-state index in [-0.39, 0.29) is 11.5 Å². The topological polar surface area (TPSA) is 52.4 Å². The summed E-state index contributed by atoms with van der Waals surface area (Å²) in [5, 5.41) is 11.2. The van der Waals surface area contributed by atoms with Crippen molar-refractivity contribution in [2.24, 2.45) is 0 Å². The quantitative estimate of drug-likeness (QED) is 0.285. The summed E-state index contributed by atoms with van der Waals surface area (Å²) in [5.74, 6) is 0. The molecule has 0 heterocycles. The molecule has 0 aromatic carbocycles. The first-order valence-corrected chi connectivity index (χ1v) is 7.32. The fourth-order valence-electron chi connectivity index (χ4n) is 0.698. The number of hydrogen-bond acceptors (Lipinski definition) is 3. The molecular weight excluding hydrogens is 186 g/mol. The second-order valence-corrected chi connectivity index (χ2v) is 6.23. The van der Waals surface area contributed by atoms with Crippen molar-refractivity contribution in [2.75, 3.05) is 6.61 Å². The molecule has 0 aromatic rings. The molecule has 1 unspecified atom stereocenters. The van der Waals surface area contributed by atoms with Crippen LogP contribution in [0.1, 0.15) is 13.3 Å². The van der Waals surface area contributed by atoms with Crippen LogP contribution in [-0.4, -0.2) is 26.4 Å². The Kier molecular flexibility index (Phi) is 5.37. The van der Waals surface area contributed by atoms with Crippen molar-refractivity contribution >= 4 is 8.80 Å². The van der Waals surface area contributed by atoms with Gasteiger partial charge in [-0.1, -0.05) is 26.6 Å². The fraction of sp³-hybridized carbons (Fsp3) is 0.750. The zero-order chi connectivity index (χ0) is 10.4. The molecule has 0 rings (SSSR count). The van der Waals surface area contributed by atoms with E-state index in [1.807, 2.05) is 0 Å². The predicted octanol–water partition coefficient (Wildman–Crippen LogP) is 1.60. The van der Waals surface area contributed by atoms with Gasteiger partial charge in [-0.15, -0.1) is 0 Å². The molecule has 0 aliphatic carbocycles. The highest BCUT2D eigenvalue weighted by Gasteiger charge is 2.18. The van der Waals surface area contributed by atoms with Crippen molar-refractivity contribution in [3.05, 3.63) is 22.1 Å². The standard InChI is InChI=1S/C8H17NO3Si/c1-5-8(9(10)11)6-12-7(2)13(3)4/h8,13H,2,5-6H2,1,3-4H3. The molecule has 1 atom stereocenters. The van der Waals surface area contributed by atoms with Gasteiger partial charge in [0.15, 0.2) is 6.61 Å². The highest BCUT2D eigenvalue weighted by molar-refractivity contribution is 6.63. The Morgan fingerprint density at radius 2 is 2.23 bits per heavy atom. The van der Waals surface area contributed by atoms with Crippen LogP contribution in [0.25, 0.3) is 0 Å². The van der Waals surface area contributed by atoms with E-state index in [0.29, 0.717) is 6.42 Å². The summed E-state index contributed by atoms with van der Waals surface area (Å²) >= 11 is 0. The molecule has 0 spiro atoms. The molecule has 0 bridgehead atoms. The molecule has 0 saturated heterocycles. The van der Waals surface area contributed by atoms with Crippen LogP contribution in [0.4, 0.5) is 0 Å². The van der Waals surface area contributed by atoms with Crippen molar-refractivity contribution in [1.29, 1.82) is 0 Å². The van der Waals surface area contributed by atoms with Crippen LogP contribution < -0.4 is 0 Å². The monoisotopic (exact) mass is 203 g/mol. The largest absolute Gasteiger partial charge is 0.497 e. The van der Waals surface area contributed by atoms with Crippen LogP contribution >= 0.6 is 0 Å². The van der Waals surface area contributed by atoms with Gasteiger partial charge in [0.25, 0.3) is 0 Å². The minimum absolute atomic E-state index is 0.160. The van der Waals surface area contributed by atoms with E-state index in [1.54, 1.807) is 6.92 Å². The third-order valence-corrected chi connectivity index (χ3v) is 3.33. The van der Waals surface area contributed by atoms with Crippen LogP contribution in [0.3, 0.4) is 0 Å². The average Bonchev–Trinajstić information content (AvgIpc) is 2.04. The Morgan fingerprint density at radius 3 is 2.54 bits per heavy atom. The van der Waals surface area contributed by atoms with E-state index >= 15 is 0 Å². The smallest absolute Gasteiger partial charge is 0.246 e. The summed E-state index contributed by atoms with van der Waals surface area (Å²) in [7, 11) is -1.01. The van der Waals surface area contributed by atoms with Crippen molar-refractivity contribution in [1.82, 2.24) is 0 Å². The number of nitro groups is 1. The molecular formula is C8H17NO3Si. The highest BCUT2D eigenvalue weighted by atomic mass is 28.3. The molecule has 0 amide bonds. The van der Waals surface area contributed by atoms with Crippen molar-refractivity contribution < 1.29 is 9.66 Å². The maximum absolute atomic E-state index is 10.4. The number of rotatable bonds is 6. The van der Waals surface area contributed by atoms with Crippen LogP contribution in [0, 0.1) is 10.1 Å². The van der Waals surface area contributed by atoms with Crippen molar-refractivity contribution in [3.8, 4) is 0 Å². The van der Waals surface area contributed by atoms with Crippen LogP contribution in [0.2, 0.25) is 13.1 Å². The summed E-state index contributed by atoms with van der Waals surface area (Å²) in [4.78, 5) is 10.1. The molecule has 76 valence electrons. The van der Waals surface area contributed by atoms with E-state index in [0.717, 1.165) is 5.38 Å². The summed E-state index contributed by atoms with van der Waals surface area (Å²) < 4.78 is 5.24. The number of ether oxygens (including phenoxy) is 1. The lowest BCUT2D eigenvalue weighted by Gasteiger charge is -2.13. The molecule has 0 fully saturated rings. The summed E-state index contributed by atoms with van der Waals surface area (Å²) in [6.07, 6.45) is 0.500. The number of nitrogens with zero attached hydrogens (tertiary/aromatic N) is 1. The Balaban J connectivity index is 3.85. The molecule has 5 heteroatoms. The molecule has 13 heavy (non-hydrogen) atoms. The molecule has 0 radical (unpaired) electrons. The molecule has 0 saturated carbocycles. The van der Waals surface area contributed by atoms with Gasteiger partial charge in [-0.3, -0.25) is 10.1 Å². The van der Waals surface area contributed by atoms with Gasteiger partial charge < -0.3 is 4.74 Å². The van der Waals surface area contributed by atoms with E-state index < -0.39 is 14.8 Å². The van der Waals surface area contributed by atoms with E-state index in [1.165, 1.54) is 0 Å². The summed E-state index contributed by atoms with van der Waals surface area (Å²) in [6.45, 7) is 9.84. The van der Waals surface area contributed by atoms with Gasteiger partial charge in [0, 0.05) is 11.3 Å². The second kappa shape index (κ2) is 5.74. The van der Waals surface area contributed by atoms with Gasteiger partial charge in [-0.2, -0.15) is 0 Å². The van der Waals surface area contributed by atoms with Crippen LogP contribution in [-0.2, 0) is 4.74 Å². The zero-order valence-corrected chi connectivity index (χ0v) is 9.60. The normalized spacial score (nSPS) is 12.6. The van der Waals surface area contributed by atoms with Crippen LogP contribution in [0.15, 0.2) is 12.0 Å². The third kappa shape index (κ3) is 4.67. The van der Waals surface area contributed by atoms with E-state index in [4.69, 9.17) is 4.74 Å². The van der Waals surface area contributed by atoms with Crippen molar-refractivity contribution in [3.63, 3.8) is 0 Å². The summed E-state index contributed by atoms with van der Waals surface area (Å²) in [5.41, 5.74) is 0. The first-order valence-electron chi connectivity index (χ1n) is 4.44. The maximum atomic E-state index is 10.4. The molecule has 0 aromatic heterocycles. The third-order valence-electron chi connectivity index (χ3n) is 1.87. The first-order chi connectivity index (χ1) is 5.99. The van der Waals surface area contributed by atoms with Gasteiger partial charge in [-0.25, -0.2) is 0 Å². The first kappa shape index (κ1) is 12.2. The van der Waals surface area contributed by atoms with Gasteiger partial charge in [0.2, 0.25) is 6.04 Å².